The van der Waals surface area contributed by atoms with E-state index in [0.717, 1.165) is 32.5 Å². The molecule has 0 radical (unpaired) electrons. The average molecular weight is 241 g/mol. The summed E-state index contributed by atoms with van der Waals surface area (Å²) in [5, 5.41) is 10.6. The number of β-amino-alcohol motifs (C(OH)–C–C–N with tert-alkyl or cyclic N) is 1. The third-order valence-corrected chi connectivity index (χ3v) is 4.62. The highest BCUT2D eigenvalue weighted by Crippen LogP contribution is 2.39. The van der Waals surface area contributed by atoms with Crippen molar-refractivity contribution in [1.29, 1.82) is 0 Å². The fraction of sp³-hybridized carbons (Fsp3) is 1.00. The Kier molecular flexibility index (Phi) is 3.78. The van der Waals surface area contributed by atoms with Gasteiger partial charge < -0.3 is 10.8 Å². The van der Waals surface area contributed by atoms with E-state index in [2.05, 4.69) is 30.7 Å². The van der Waals surface area contributed by atoms with Gasteiger partial charge in [0.15, 0.2) is 0 Å². The van der Waals surface area contributed by atoms with E-state index in [9.17, 15) is 5.11 Å². The first-order chi connectivity index (χ1) is 7.96. The van der Waals surface area contributed by atoms with Crippen LogP contribution in [0.3, 0.4) is 0 Å². The predicted molar refractivity (Wildman–Crippen MR) is 69.9 cm³/mol. The number of hydrogen-bond acceptors (Lipinski definition) is 4. The van der Waals surface area contributed by atoms with Gasteiger partial charge in [-0.3, -0.25) is 9.80 Å². The second-order valence-corrected chi connectivity index (χ2v) is 6.14. The average Bonchev–Trinajstić information content (AvgIpc) is 3.09. The fourth-order valence-corrected chi connectivity index (χ4v) is 3.01. The molecular formula is C13H27N3O. The molecule has 1 aliphatic heterocycles. The highest BCUT2D eigenvalue weighted by molar-refractivity contribution is 4.99. The Balaban J connectivity index is 1.94. The number of piperazine rings is 1. The summed E-state index contributed by atoms with van der Waals surface area (Å²) in [6, 6.07) is 1.11. The van der Waals surface area contributed by atoms with Crippen LogP contribution in [0, 0.1) is 5.92 Å². The van der Waals surface area contributed by atoms with Gasteiger partial charge in [0, 0.05) is 38.3 Å². The first kappa shape index (κ1) is 13.3. The van der Waals surface area contributed by atoms with Crippen molar-refractivity contribution in [1.82, 2.24) is 9.80 Å². The van der Waals surface area contributed by atoms with Crippen LogP contribution in [0.15, 0.2) is 0 Å². The number of nitrogens with zero attached hydrogens (tertiary/aromatic N) is 2. The summed E-state index contributed by atoms with van der Waals surface area (Å²) in [7, 11) is 2.18. The lowest BCUT2D eigenvalue weighted by atomic mass is 9.96. The number of likely N-dealkylation sites (N-methyl/N-ethyl adjacent to an activating group) is 1. The van der Waals surface area contributed by atoms with Crippen LogP contribution in [0.1, 0.15) is 26.7 Å². The van der Waals surface area contributed by atoms with Gasteiger partial charge in [0.2, 0.25) is 0 Å². The SMILES string of the molecule is CC1CN(CC(O)(CN)C2CC2)CC(C)N1C. The molecule has 100 valence electrons. The van der Waals surface area contributed by atoms with Crippen LogP contribution in [0.4, 0.5) is 0 Å². The molecule has 0 amide bonds. The number of rotatable bonds is 4. The largest absolute Gasteiger partial charge is 0.387 e. The van der Waals surface area contributed by atoms with E-state index >= 15 is 0 Å². The summed E-state index contributed by atoms with van der Waals surface area (Å²) < 4.78 is 0. The molecule has 1 aliphatic carbocycles. The van der Waals surface area contributed by atoms with Gasteiger partial charge in [-0.25, -0.2) is 0 Å². The molecule has 1 heterocycles. The molecule has 4 heteroatoms. The maximum Gasteiger partial charge on any atom is 0.0923 e. The zero-order valence-electron chi connectivity index (χ0n) is 11.4. The van der Waals surface area contributed by atoms with E-state index in [1.54, 1.807) is 0 Å². The van der Waals surface area contributed by atoms with Crippen molar-refractivity contribution < 1.29 is 5.11 Å². The molecule has 1 saturated heterocycles. The van der Waals surface area contributed by atoms with Crippen molar-refractivity contribution in [2.75, 3.05) is 33.2 Å². The van der Waals surface area contributed by atoms with Crippen LogP contribution in [0.2, 0.25) is 0 Å². The van der Waals surface area contributed by atoms with Crippen molar-refractivity contribution in [3.63, 3.8) is 0 Å². The molecule has 17 heavy (non-hydrogen) atoms. The molecular weight excluding hydrogens is 214 g/mol. The first-order valence-electron chi connectivity index (χ1n) is 6.83. The Labute approximate surface area is 105 Å². The van der Waals surface area contributed by atoms with Crippen molar-refractivity contribution in [2.45, 2.75) is 44.4 Å². The van der Waals surface area contributed by atoms with Gasteiger partial charge in [0.05, 0.1) is 5.60 Å². The van der Waals surface area contributed by atoms with Crippen LogP contribution < -0.4 is 5.73 Å². The summed E-state index contributed by atoms with van der Waals surface area (Å²) in [5.41, 5.74) is 5.13. The fourth-order valence-electron chi connectivity index (χ4n) is 3.01. The van der Waals surface area contributed by atoms with Crippen molar-refractivity contribution in [2.24, 2.45) is 11.7 Å². The van der Waals surface area contributed by atoms with E-state index in [4.69, 9.17) is 5.73 Å². The summed E-state index contributed by atoms with van der Waals surface area (Å²) >= 11 is 0. The smallest absolute Gasteiger partial charge is 0.0923 e. The minimum absolute atomic E-state index is 0.396. The Morgan fingerprint density at radius 1 is 1.24 bits per heavy atom. The van der Waals surface area contributed by atoms with Gasteiger partial charge in [0.25, 0.3) is 0 Å². The van der Waals surface area contributed by atoms with Gasteiger partial charge in [-0.1, -0.05) is 0 Å². The third-order valence-electron chi connectivity index (χ3n) is 4.62. The second kappa shape index (κ2) is 4.84. The van der Waals surface area contributed by atoms with Gasteiger partial charge in [0.1, 0.15) is 0 Å². The molecule has 2 aliphatic rings. The van der Waals surface area contributed by atoms with Gasteiger partial charge in [-0.05, 0) is 39.7 Å². The quantitative estimate of drug-likeness (QED) is 0.733. The van der Waals surface area contributed by atoms with E-state index in [0.29, 0.717) is 24.5 Å². The van der Waals surface area contributed by atoms with Crippen LogP contribution in [-0.2, 0) is 0 Å². The molecule has 0 aromatic carbocycles. The van der Waals surface area contributed by atoms with Crippen LogP contribution in [-0.4, -0.2) is 65.8 Å². The summed E-state index contributed by atoms with van der Waals surface area (Å²) in [4.78, 5) is 4.80. The van der Waals surface area contributed by atoms with E-state index in [1.807, 2.05) is 0 Å². The van der Waals surface area contributed by atoms with Crippen LogP contribution in [0.25, 0.3) is 0 Å². The number of aliphatic hydroxyl groups is 1. The summed E-state index contributed by atoms with van der Waals surface area (Å²) in [6.07, 6.45) is 2.29. The summed E-state index contributed by atoms with van der Waals surface area (Å²) in [5.74, 6) is 0.442. The zero-order chi connectivity index (χ0) is 12.6. The van der Waals surface area contributed by atoms with Crippen LogP contribution >= 0.6 is 0 Å². The Hall–Kier alpha value is -0.160. The molecule has 2 fully saturated rings. The lowest BCUT2D eigenvalue weighted by Gasteiger charge is -2.45. The summed E-state index contributed by atoms with van der Waals surface area (Å²) in [6.45, 7) is 7.72. The molecule has 2 rings (SSSR count). The number of hydrogen-bond donors (Lipinski definition) is 2. The maximum absolute atomic E-state index is 10.6. The molecule has 0 aromatic rings. The lowest BCUT2D eigenvalue weighted by molar-refractivity contribution is -0.0354. The van der Waals surface area contributed by atoms with Crippen LogP contribution in [0.5, 0.6) is 0 Å². The minimum Gasteiger partial charge on any atom is -0.387 e. The minimum atomic E-state index is -0.644. The lowest BCUT2D eigenvalue weighted by Crippen LogP contribution is -2.59. The Morgan fingerprint density at radius 2 is 1.76 bits per heavy atom. The maximum atomic E-state index is 10.6. The molecule has 1 saturated carbocycles. The molecule has 3 atom stereocenters. The normalized spacial score (nSPS) is 35.8. The van der Waals surface area contributed by atoms with E-state index in [-0.39, 0.29) is 0 Å². The molecule has 0 spiro atoms. The first-order valence-corrected chi connectivity index (χ1v) is 6.83. The number of nitrogens with two attached hydrogens (primary N) is 1. The van der Waals surface area contributed by atoms with E-state index in [1.165, 1.54) is 0 Å². The zero-order valence-corrected chi connectivity index (χ0v) is 11.4. The highest BCUT2D eigenvalue weighted by atomic mass is 16.3. The van der Waals surface area contributed by atoms with Gasteiger partial charge >= 0.3 is 0 Å². The topological polar surface area (TPSA) is 52.7 Å². The van der Waals surface area contributed by atoms with Crippen molar-refractivity contribution in [3.05, 3.63) is 0 Å². The molecule has 0 aromatic heterocycles. The monoisotopic (exact) mass is 241 g/mol. The molecule has 3 N–H and O–H groups in total. The van der Waals surface area contributed by atoms with Gasteiger partial charge in [-0.15, -0.1) is 0 Å². The Morgan fingerprint density at radius 3 is 2.18 bits per heavy atom. The van der Waals surface area contributed by atoms with E-state index < -0.39 is 5.60 Å². The molecule has 3 unspecified atom stereocenters. The Bertz CT molecular complexity index is 257. The third kappa shape index (κ3) is 2.81. The van der Waals surface area contributed by atoms with Crippen molar-refractivity contribution in [3.8, 4) is 0 Å². The standard InChI is InChI=1S/C13H27N3O/c1-10-6-16(7-11(2)15(10)3)9-13(17,8-14)12-4-5-12/h10-12,17H,4-9,14H2,1-3H3. The molecule has 4 nitrogen and oxygen atoms in total. The highest BCUT2D eigenvalue weighted by Gasteiger charge is 2.44. The van der Waals surface area contributed by atoms with Crippen molar-refractivity contribution >= 4 is 0 Å². The predicted octanol–water partition coefficient (Wildman–Crippen LogP) is 0.111. The second-order valence-electron chi connectivity index (χ2n) is 6.14. The van der Waals surface area contributed by atoms with Gasteiger partial charge in [-0.2, -0.15) is 0 Å². The molecule has 0 bridgehead atoms.